The van der Waals surface area contributed by atoms with Crippen molar-refractivity contribution in [2.75, 3.05) is 0 Å². The molecule has 1 aliphatic carbocycles. The maximum atomic E-state index is 6.10. The van der Waals surface area contributed by atoms with Crippen LogP contribution in [-0.4, -0.2) is 11.7 Å². The molecule has 1 heterocycles. The van der Waals surface area contributed by atoms with E-state index in [0.717, 1.165) is 6.42 Å². The summed E-state index contributed by atoms with van der Waals surface area (Å²) < 4.78 is 6.10. The summed E-state index contributed by atoms with van der Waals surface area (Å²) in [5.41, 5.74) is 1.73. The summed E-state index contributed by atoms with van der Waals surface area (Å²) in [7, 11) is 0. The molecule has 3 unspecified atom stereocenters. The van der Waals surface area contributed by atoms with Gasteiger partial charge in [0.05, 0.1) is 11.7 Å². The molecule has 0 N–H and O–H groups in total. The summed E-state index contributed by atoms with van der Waals surface area (Å²) in [6, 6.07) is 0. The Hall–Kier alpha value is -0.560. The van der Waals surface area contributed by atoms with Crippen molar-refractivity contribution in [2.24, 2.45) is 11.3 Å². The molecular weight excluding hydrogens is 268 g/mol. The highest BCUT2D eigenvalue weighted by atomic mass is 16.6. The molecule has 0 aromatic heterocycles. The molecule has 22 heavy (non-hydrogen) atoms. The fourth-order valence-corrected chi connectivity index (χ4v) is 3.92. The van der Waals surface area contributed by atoms with Gasteiger partial charge < -0.3 is 4.74 Å². The van der Waals surface area contributed by atoms with Crippen molar-refractivity contribution in [3.63, 3.8) is 0 Å². The number of ether oxygens (including phenoxy) is 1. The van der Waals surface area contributed by atoms with Gasteiger partial charge in [-0.3, -0.25) is 0 Å². The zero-order chi connectivity index (χ0) is 17.4. The Kier molecular flexibility index (Phi) is 9.31. The highest BCUT2D eigenvalue weighted by molar-refractivity contribution is 5.20. The third kappa shape index (κ3) is 5.26. The van der Waals surface area contributed by atoms with Crippen molar-refractivity contribution >= 4 is 0 Å². The lowest BCUT2D eigenvalue weighted by Crippen LogP contribution is -2.38. The van der Waals surface area contributed by atoms with E-state index in [4.69, 9.17) is 4.74 Å². The maximum absolute atomic E-state index is 6.10. The minimum atomic E-state index is 0.106. The lowest BCUT2D eigenvalue weighted by atomic mass is 9.63. The van der Waals surface area contributed by atoms with Gasteiger partial charge >= 0.3 is 0 Å². The van der Waals surface area contributed by atoms with Gasteiger partial charge in [0.25, 0.3) is 0 Å². The number of allylic oxidation sites excluding steroid dienone is 2. The lowest BCUT2D eigenvalue weighted by Gasteiger charge is -2.41. The van der Waals surface area contributed by atoms with Crippen LogP contribution >= 0.6 is 0 Å². The second kappa shape index (κ2) is 9.55. The van der Waals surface area contributed by atoms with Gasteiger partial charge in [0.15, 0.2) is 0 Å². The van der Waals surface area contributed by atoms with E-state index >= 15 is 0 Å². The topological polar surface area (TPSA) is 12.5 Å². The average Bonchev–Trinajstić information content (AvgIpc) is 3.13. The molecule has 1 saturated carbocycles. The van der Waals surface area contributed by atoms with E-state index in [1.165, 1.54) is 31.3 Å². The van der Waals surface area contributed by atoms with Gasteiger partial charge in [-0.15, -0.1) is 0 Å². The van der Waals surface area contributed by atoms with Gasteiger partial charge in [-0.25, -0.2) is 0 Å². The third-order valence-corrected chi connectivity index (χ3v) is 5.03. The summed E-state index contributed by atoms with van der Waals surface area (Å²) in [6.45, 7) is 21.3. The molecule has 1 aliphatic heterocycles. The van der Waals surface area contributed by atoms with Crippen LogP contribution in [0.5, 0.6) is 0 Å². The zero-order valence-corrected chi connectivity index (χ0v) is 16.5. The maximum Gasteiger partial charge on any atom is 0.0956 e. The fourth-order valence-electron chi connectivity index (χ4n) is 3.92. The standard InChI is InChI=1S/C17H28O.2C2H6/c1-6-9-13(2)12-15-17(5,18-15)14-10-7-8-11-16(14,3)4;2*1-2/h6,9,14-15H,2,7-8,10-12H2,1,3-5H3;2*1-2H3/b9-6-;;. The van der Waals surface area contributed by atoms with Crippen LogP contribution in [0, 0.1) is 11.3 Å². The van der Waals surface area contributed by atoms with Gasteiger partial charge in [0, 0.05) is 6.42 Å². The monoisotopic (exact) mass is 308 g/mol. The molecule has 1 saturated heterocycles. The van der Waals surface area contributed by atoms with E-state index in [9.17, 15) is 0 Å². The van der Waals surface area contributed by atoms with E-state index in [1.54, 1.807) is 0 Å². The Morgan fingerprint density at radius 2 is 1.73 bits per heavy atom. The van der Waals surface area contributed by atoms with Gasteiger partial charge in [-0.05, 0) is 38.0 Å². The van der Waals surface area contributed by atoms with Crippen LogP contribution in [0.4, 0.5) is 0 Å². The zero-order valence-electron chi connectivity index (χ0n) is 16.5. The highest BCUT2D eigenvalue weighted by Crippen LogP contribution is 2.56. The minimum absolute atomic E-state index is 0.106. The van der Waals surface area contributed by atoms with E-state index in [-0.39, 0.29) is 5.60 Å². The molecule has 0 bridgehead atoms. The van der Waals surface area contributed by atoms with Crippen molar-refractivity contribution in [2.45, 2.75) is 99.2 Å². The SMILES string of the molecule is C=C(/C=C\C)CC1OC1(C)C1CCCCC1(C)C.CC.CC. The summed E-state index contributed by atoms with van der Waals surface area (Å²) in [5.74, 6) is 0.710. The van der Waals surface area contributed by atoms with Crippen LogP contribution < -0.4 is 0 Å². The van der Waals surface area contributed by atoms with Crippen LogP contribution in [0.3, 0.4) is 0 Å². The Labute approximate surface area is 140 Å². The van der Waals surface area contributed by atoms with E-state index in [2.05, 4.69) is 39.5 Å². The molecule has 3 atom stereocenters. The van der Waals surface area contributed by atoms with Crippen molar-refractivity contribution < 1.29 is 4.74 Å². The molecule has 0 amide bonds. The number of hydrogen-bond donors (Lipinski definition) is 0. The molecule has 1 heteroatoms. The first kappa shape index (κ1) is 21.4. The van der Waals surface area contributed by atoms with Crippen LogP contribution in [0.2, 0.25) is 0 Å². The Morgan fingerprint density at radius 1 is 1.14 bits per heavy atom. The summed E-state index contributed by atoms with van der Waals surface area (Å²) in [4.78, 5) is 0. The lowest BCUT2D eigenvalue weighted by molar-refractivity contribution is 0.0629. The second-order valence-corrected chi connectivity index (χ2v) is 6.94. The van der Waals surface area contributed by atoms with Gasteiger partial charge in [0.2, 0.25) is 0 Å². The Morgan fingerprint density at radius 3 is 2.23 bits per heavy atom. The Bertz CT molecular complexity index is 353. The van der Waals surface area contributed by atoms with E-state index in [0.29, 0.717) is 17.4 Å². The van der Waals surface area contributed by atoms with Crippen LogP contribution in [0.15, 0.2) is 24.3 Å². The van der Waals surface area contributed by atoms with Crippen LogP contribution in [0.1, 0.15) is 87.5 Å². The minimum Gasteiger partial charge on any atom is -0.366 e. The summed E-state index contributed by atoms with van der Waals surface area (Å²) in [6.07, 6.45) is 11.0. The van der Waals surface area contributed by atoms with Crippen LogP contribution in [-0.2, 0) is 4.74 Å². The second-order valence-electron chi connectivity index (χ2n) is 6.94. The first-order valence-corrected chi connectivity index (χ1v) is 9.38. The quantitative estimate of drug-likeness (QED) is 0.405. The predicted molar refractivity (Wildman–Crippen MR) is 100 cm³/mol. The summed E-state index contributed by atoms with van der Waals surface area (Å²) in [5, 5.41) is 0. The molecule has 0 spiro atoms. The summed E-state index contributed by atoms with van der Waals surface area (Å²) >= 11 is 0. The number of epoxide rings is 1. The molecule has 130 valence electrons. The van der Waals surface area contributed by atoms with Gasteiger partial charge in [0.1, 0.15) is 0 Å². The van der Waals surface area contributed by atoms with Crippen molar-refractivity contribution in [3.8, 4) is 0 Å². The average molecular weight is 309 g/mol. The molecule has 2 rings (SSSR count). The Balaban J connectivity index is 0.00000102. The normalized spacial score (nSPS) is 32.4. The third-order valence-electron chi connectivity index (χ3n) is 5.03. The molecule has 2 aliphatic rings. The van der Waals surface area contributed by atoms with Gasteiger partial charge in [-0.2, -0.15) is 0 Å². The largest absolute Gasteiger partial charge is 0.366 e. The van der Waals surface area contributed by atoms with E-state index in [1.807, 2.05) is 34.6 Å². The van der Waals surface area contributed by atoms with Crippen molar-refractivity contribution in [1.82, 2.24) is 0 Å². The van der Waals surface area contributed by atoms with E-state index < -0.39 is 0 Å². The molecule has 0 radical (unpaired) electrons. The first-order valence-electron chi connectivity index (χ1n) is 9.38. The van der Waals surface area contributed by atoms with Gasteiger partial charge in [-0.1, -0.05) is 78.7 Å². The fraction of sp³-hybridized carbons (Fsp3) is 0.810. The number of hydrogen-bond acceptors (Lipinski definition) is 1. The molecule has 0 aromatic rings. The first-order chi connectivity index (χ1) is 10.4. The van der Waals surface area contributed by atoms with Crippen molar-refractivity contribution in [3.05, 3.63) is 24.3 Å². The highest BCUT2D eigenvalue weighted by Gasteiger charge is 2.60. The number of rotatable bonds is 4. The smallest absolute Gasteiger partial charge is 0.0956 e. The molecule has 2 fully saturated rings. The molecular formula is C21H40O. The molecule has 0 aromatic carbocycles. The van der Waals surface area contributed by atoms with Crippen molar-refractivity contribution in [1.29, 1.82) is 0 Å². The molecule has 1 nitrogen and oxygen atoms in total. The predicted octanol–water partition coefficient (Wildman–Crippen LogP) is 6.94. The van der Waals surface area contributed by atoms with Crippen LogP contribution in [0.25, 0.3) is 0 Å².